The van der Waals surface area contributed by atoms with Gasteiger partial charge in [0.15, 0.2) is 0 Å². The molecule has 0 aliphatic rings. The van der Waals surface area contributed by atoms with E-state index in [1.54, 1.807) is 26.4 Å². The standard InChI is InChI=1S/4C18H15P.C7H11ClSi.C5H10Si.C2H2Cl2.Cu.HI.Pd/c4*1-4-10-16(11-5-1)19(17-12-6-2-7-13-17)18-14-8-3-9-15-18;1-9(2,3)7-5-4-6-8;1-5-6(2,3)4;3-1-2-4;;;/h4*1-15H;4,6H,1-3H3;1H,2-4H3;1-2H;;1H;/q;;;;;;;+1;;/p-1/b;;;;6-4-;;2-1-;;;. The van der Waals surface area contributed by atoms with Crippen LogP contribution in [0.3, 0.4) is 0 Å². The molecule has 12 rings (SSSR count). The van der Waals surface area contributed by atoms with Gasteiger partial charge in [0.25, 0.3) is 0 Å². The largest absolute Gasteiger partial charge is 0.0622 e. The van der Waals surface area contributed by atoms with Gasteiger partial charge in [-0.15, -0.1) is 17.5 Å². The maximum absolute atomic E-state index is 5.26. The Balaban J connectivity index is 0.000000252. The van der Waals surface area contributed by atoms with E-state index in [0.717, 1.165) is 0 Å². The molecule has 0 aliphatic carbocycles. The molecule has 0 fully saturated rings. The summed E-state index contributed by atoms with van der Waals surface area (Å²) in [7, 11) is -4.05. The van der Waals surface area contributed by atoms with E-state index in [0.29, 0.717) is 0 Å². The van der Waals surface area contributed by atoms with Crippen LogP contribution in [0.4, 0.5) is 0 Å². The predicted molar refractivity (Wildman–Crippen MR) is 454 cm³/mol. The van der Waals surface area contributed by atoms with Crippen molar-refractivity contribution >= 4 is 167 Å². The molecule has 12 aromatic carbocycles. The second-order valence-electron chi connectivity index (χ2n) is 22.8. The quantitative estimate of drug-likeness (QED) is 0.0495. The van der Waals surface area contributed by atoms with Crippen molar-refractivity contribution in [3.8, 4) is 23.4 Å². The zero-order valence-corrected chi connectivity index (χ0v) is 68.4. The molecule has 0 radical (unpaired) electrons. The number of hydrogen-bond acceptors (Lipinski definition) is 0. The Bertz CT molecular complexity index is 3270. The van der Waals surface area contributed by atoms with Gasteiger partial charge in [-0.1, -0.05) is 444 Å². The maximum atomic E-state index is 5.26. The van der Waals surface area contributed by atoms with Crippen molar-refractivity contribution in [1.82, 2.24) is 0 Å². The summed E-state index contributed by atoms with van der Waals surface area (Å²) in [6.45, 7) is 13.0. The van der Waals surface area contributed by atoms with E-state index in [1.165, 1.54) is 80.3 Å². The molecule has 98 heavy (non-hydrogen) atoms. The van der Waals surface area contributed by atoms with Crippen LogP contribution in [0.25, 0.3) is 0 Å². The molecule has 0 unspecified atom stereocenters. The third-order valence-corrected chi connectivity index (χ3v) is 25.3. The third kappa shape index (κ3) is 32.7. The molecule has 0 heterocycles. The number of terminal acetylenes is 1. The van der Waals surface area contributed by atoms with Gasteiger partial charge in [0.1, 0.15) is 16.1 Å². The summed E-state index contributed by atoms with van der Waals surface area (Å²) in [5, 5.41) is 16.8. The summed E-state index contributed by atoms with van der Waals surface area (Å²) in [5.74, 6) is 2.87. The van der Waals surface area contributed by atoms with Crippen LogP contribution in [-0.2, 0) is 33.2 Å². The number of benzene rings is 12. The van der Waals surface area contributed by atoms with E-state index in [-0.39, 0.29) is 20.4 Å². The molecule has 0 aliphatic heterocycles. The Morgan fingerprint density at radius 2 is 0.388 bits per heavy atom. The van der Waals surface area contributed by atoms with Crippen LogP contribution in [-0.4, -0.2) is 16.1 Å². The molecule has 0 N–H and O–H groups in total. The maximum Gasteiger partial charge on any atom is 0 e. The van der Waals surface area contributed by atoms with Gasteiger partial charge in [-0.2, -0.15) is 0 Å². The molecule has 12 heteroatoms. The third-order valence-electron chi connectivity index (χ3n) is 13.2. The minimum Gasteiger partial charge on any atom is -0.0622 e. The van der Waals surface area contributed by atoms with Crippen molar-refractivity contribution in [3.05, 3.63) is 387 Å². The molecular weight excluding hydrogens is 1620 g/mol. The fourth-order valence-electron chi connectivity index (χ4n) is 9.00. The first-order chi connectivity index (χ1) is 47.3. The van der Waals surface area contributed by atoms with Crippen molar-refractivity contribution in [1.29, 1.82) is 0 Å². The SMILES string of the molecule is C#C[Si](C)(C)C.C[Si](C)(C)C#C/C=C\Cl.Cl/C=C\Cl.[Cu][I].[Pd].c1ccc(P(c2ccccc2)c2ccccc2)cc1.c1ccc(P(c2ccccc2)c2ccccc2)cc1.c1ccc(P(c2ccccc2)c2ccccc2)cc1.c1ccc(P(c2ccccc2)c2ccccc2)cc1. The van der Waals surface area contributed by atoms with Gasteiger partial charge in [-0.3, -0.25) is 0 Å². The molecule has 0 bridgehead atoms. The van der Waals surface area contributed by atoms with Crippen molar-refractivity contribution in [3.63, 3.8) is 0 Å². The van der Waals surface area contributed by atoms with E-state index in [9.17, 15) is 0 Å². The van der Waals surface area contributed by atoms with E-state index in [4.69, 9.17) is 41.2 Å². The zero-order chi connectivity index (χ0) is 69.6. The Morgan fingerprint density at radius 3 is 0.469 bits per heavy atom. The smallest absolute Gasteiger partial charge is 0 e. The summed E-state index contributed by atoms with van der Waals surface area (Å²) >= 11 is 20.9. The first-order valence-corrected chi connectivity index (χ1v) is 48.1. The Hall–Kier alpha value is -5.82. The van der Waals surface area contributed by atoms with Crippen LogP contribution >= 0.6 is 86.8 Å². The van der Waals surface area contributed by atoms with Crippen molar-refractivity contribution in [2.24, 2.45) is 0 Å². The van der Waals surface area contributed by atoms with Crippen LogP contribution in [0.2, 0.25) is 39.3 Å². The monoisotopic (exact) mass is 1700 g/mol. The van der Waals surface area contributed by atoms with E-state index in [1.807, 2.05) is 0 Å². The summed E-state index contributed by atoms with van der Waals surface area (Å²) in [5.41, 5.74) is 9.80. The molecular formula is C86H83Cl3CuIP4PdSi2. The average molecular weight is 1700 g/mol. The number of rotatable bonds is 12. The van der Waals surface area contributed by atoms with Crippen molar-refractivity contribution < 1.29 is 33.2 Å². The first kappa shape index (κ1) is 84.6. The summed E-state index contributed by atoms with van der Waals surface area (Å²) in [4.78, 5) is 0. The van der Waals surface area contributed by atoms with Crippen molar-refractivity contribution in [2.45, 2.75) is 39.3 Å². The van der Waals surface area contributed by atoms with Crippen LogP contribution in [0.15, 0.2) is 387 Å². The summed E-state index contributed by atoms with van der Waals surface area (Å²) in [6.07, 6.45) is 6.78. The fraction of sp³-hybridized carbons (Fsp3) is 0.0698. The minimum atomic E-state index is -1.17. The van der Waals surface area contributed by atoms with Gasteiger partial charge >= 0.3 is 33.1 Å². The van der Waals surface area contributed by atoms with E-state index in [2.05, 4.69) is 433 Å². The van der Waals surface area contributed by atoms with Crippen LogP contribution in [0.1, 0.15) is 0 Å². The molecule has 0 nitrogen and oxygen atoms in total. The number of allylic oxidation sites excluding steroid dienone is 1. The molecule has 12 aromatic rings. The Kier molecular flexibility index (Phi) is 43.6. The molecule has 504 valence electrons. The fourth-order valence-corrected chi connectivity index (χ4v) is 18.8. The van der Waals surface area contributed by atoms with E-state index < -0.39 is 47.8 Å². The summed E-state index contributed by atoms with van der Waals surface area (Å²) in [6, 6.07) is 129. The Morgan fingerprint density at radius 1 is 0.265 bits per heavy atom. The molecule has 0 aromatic heterocycles. The second-order valence-corrected chi connectivity index (χ2v) is 42.0. The van der Waals surface area contributed by atoms with Gasteiger partial charge in [-0.05, 0) is 101 Å². The molecule has 0 spiro atoms. The molecule has 0 saturated heterocycles. The second kappa shape index (κ2) is 50.5. The molecule has 0 amide bonds. The minimum absolute atomic E-state index is 0. The van der Waals surface area contributed by atoms with Gasteiger partial charge in [-0.25, -0.2) is 0 Å². The van der Waals surface area contributed by atoms with Crippen molar-refractivity contribution in [2.75, 3.05) is 0 Å². The zero-order valence-electron chi connectivity index (χ0n) is 55.9. The Labute approximate surface area is 642 Å². The van der Waals surface area contributed by atoms with Crippen LogP contribution < -0.4 is 63.7 Å². The summed E-state index contributed by atoms with van der Waals surface area (Å²) < 4.78 is 0. The van der Waals surface area contributed by atoms with Crippen LogP contribution in [0.5, 0.6) is 0 Å². The number of halogens is 4. The topological polar surface area (TPSA) is 0 Å². The van der Waals surface area contributed by atoms with Gasteiger partial charge in [0, 0.05) is 37.0 Å². The normalized spacial score (nSPS) is 10.3. The first-order valence-electron chi connectivity index (χ1n) is 31.4. The van der Waals surface area contributed by atoms with Gasteiger partial charge < -0.3 is 0 Å². The van der Waals surface area contributed by atoms with Gasteiger partial charge in [0.05, 0.1) is 0 Å². The van der Waals surface area contributed by atoms with Gasteiger partial charge in [0.2, 0.25) is 0 Å². The van der Waals surface area contributed by atoms with E-state index >= 15 is 0 Å². The molecule has 0 atom stereocenters. The van der Waals surface area contributed by atoms with Crippen LogP contribution in [0, 0.1) is 23.4 Å². The number of hydrogen-bond donors (Lipinski definition) is 0. The average Bonchev–Trinajstić information content (AvgIpc) is 0.878. The predicted octanol–water partition coefficient (Wildman–Crippen LogP) is 20.7. The molecule has 0 saturated carbocycles.